The zero-order chi connectivity index (χ0) is 17.2. The first-order valence-corrected chi connectivity index (χ1v) is 10.0. The van der Waals surface area contributed by atoms with Gasteiger partial charge in [0.2, 0.25) is 0 Å². The number of hydrogen-bond acceptors (Lipinski definition) is 2. The van der Waals surface area contributed by atoms with Gasteiger partial charge in [-0.1, -0.05) is 70.0 Å². The van der Waals surface area contributed by atoms with Crippen LogP contribution in [0, 0.1) is 6.92 Å². The highest BCUT2D eigenvalue weighted by Gasteiger charge is 2.22. The van der Waals surface area contributed by atoms with Crippen molar-refractivity contribution in [3.63, 3.8) is 0 Å². The molecule has 3 aromatic rings. The molecule has 1 heterocycles. The summed E-state index contributed by atoms with van der Waals surface area (Å²) in [7, 11) is 0. The molecule has 3 aromatic carbocycles. The third-order valence-electron chi connectivity index (χ3n) is 4.40. The van der Waals surface area contributed by atoms with E-state index in [1.807, 2.05) is 11.8 Å². The van der Waals surface area contributed by atoms with Gasteiger partial charge in [0.1, 0.15) is 0 Å². The maximum absolute atomic E-state index is 5.02. The molecule has 0 N–H and O–H groups in total. The van der Waals surface area contributed by atoms with E-state index in [-0.39, 0.29) is 0 Å². The minimum absolute atomic E-state index is 0.358. The monoisotopic (exact) mass is 407 g/mol. The minimum atomic E-state index is 0.358. The second kappa shape index (κ2) is 7.19. The van der Waals surface area contributed by atoms with E-state index < -0.39 is 0 Å². The van der Waals surface area contributed by atoms with E-state index in [0.29, 0.717) is 5.25 Å². The van der Waals surface area contributed by atoms with Crippen LogP contribution >= 0.6 is 27.7 Å². The van der Waals surface area contributed by atoms with Crippen molar-refractivity contribution >= 4 is 39.1 Å². The highest BCUT2D eigenvalue weighted by molar-refractivity contribution is 9.10. The summed E-state index contributed by atoms with van der Waals surface area (Å²) >= 11 is 5.44. The van der Waals surface area contributed by atoms with Gasteiger partial charge in [0.25, 0.3) is 0 Å². The zero-order valence-corrected chi connectivity index (χ0v) is 16.3. The largest absolute Gasteiger partial charge is 0.252 e. The summed E-state index contributed by atoms with van der Waals surface area (Å²) in [5, 5.41) is 0.358. The molecular weight excluding hydrogens is 390 g/mol. The number of thioether (sulfide) groups is 1. The molecule has 0 amide bonds. The first-order valence-electron chi connectivity index (χ1n) is 8.35. The van der Waals surface area contributed by atoms with Gasteiger partial charge in [0, 0.05) is 26.8 Å². The molecular formula is C22H18BrNS. The van der Waals surface area contributed by atoms with Crippen LogP contribution in [-0.4, -0.2) is 5.71 Å². The van der Waals surface area contributed by atoms with Crippen LogP contribution in [0.2, 0.25) is 0 Å². The Hall–Kier alpha value is -1.84. The van der Waals surface area contributed by atoms with Crippen LogP contribution in [0.4, 0.5) is 5.69 Å². The van der Waals surface area contributed by atoms with Gasteiger partial charge in [-0.2, -0.15) is 0 Å². The molecule has 1 nitrogen and oxygen atoms in total. The van der Waals surface area contributed by atoms with Gasteiger partial charge in [-0.3, -0.25) is 4.99 Å². The highest BCUT2D eigenvalue weighted by Crippen LogP contribution is 2.45. The Morgan fingerprint density at radius 3 is 2.40 bits per heavy atom. The summed E-state index contributed by atoms with van der Waals surface area (Å²) in [5.74, 6) is 0. The second-order valence-corrected chi connectivity index (χ2v) is 8.41. The molecule has 0 saturated carbocycles. The van der Waals surface area contributed by atoms with Crippen molar-refractivity contribution < 1.29 is 0 Å². The molecule has 0 spiro atoms. The number of aryl methyl sites for hydroxylation is 1. The fourth-order valence-electron chi connectivity index (χ4n) is 3.00. The molecule has 3 heteroatoms. The molecule has 0 aromatic heterocycles. The summed E-state index contributed by atoms with van der Waals surface area (Å²) in [4.78, 5) is 6.27. The van der Waals surface area contributed by atoms with E-state index in [2.05, 4.69) is 95.7 Å². The second-order valence-electron chi connectivity index (χ2n) is 6.25. The van der Waals surface area contributed by atoms with Crippen molar-refractivity contribution in [1.29, 1.82) is 0 Å². The van der Waals surface area contributed by atoms with Crippen LogP contribution in [-0.2, 0) is 0 Å². The SMILES string of the molecule is Cc1ccc(C2=Nc3ccccc3SC(c3ccc(Br)cc3)C2)cc1. The third-order valence-corrected chi connectivity index (χ3v) is 6.25. The van der Waals surface area contributed by atoms with Crippen LogP contribution in [0.15, 0.2) is 87.2 Å². The van der Waals surface area contributed by atoms with E-state index in [1.54, 1.807) is 0 Å². The lowest BCUT2D eigenvalue weighted by Crippen LogP contribution is -2.05. The molecule has 1 aliphatic rings. The average molecular weight is 408 g/mol. The molecule has 1 aliphatic heterocycles. The smallest absolute Gasteiger partial charge is 0.0769 e. The van der Waals surface area contributed by atoms with E-state index in [0.717, 1.165) is 22.3 Å². The van der Waals surface area contributed by atoms with E-state index >= 15 is 0 Å². The topological polar surface area (TPSA) is 12.4 Å². The maximum atomic E-state index is 5.02. The number of nitrogens with zero attached hydrogens (tertiary/aromatic N) is 1. The Bertz CT molecular complexity index is 914. The molecule has 25 heavy (non-hydrogen) atoms. The van der Waals surface area contributed by atoms with Crippen molar-refractivity contribution in [2.24, 2.45) is 4.99 Å². The van der Waals surface area contributed by atoms with Crippen molar-refractivity contribution in [3.05, 3.63) is 94.0 Å². The van der Waals surface area contributed by atoms with Crippen LogP contribution in [0.3, 0.4) is 0 Å². The molecule has 0 aliphatic carbocycles. The fourth-order valence-corrected chi connectivity index (χ4v) is 4.50. The zero-order valence-electron chi connectivity index (χ0n) is 13.9. The van der Waals surface area contributed by atoms with Crippen LogP contribution < -0.4 is 0 Å². The Morgan fingerprint density at radius 1 is 0.920 bits per heavy atom. The standard InChI is InChI=1S/C22H18BrNS/c1-15-6-8-16(9-7-15)20-14-22(17-10-12-18(23)13-11-17)25-21-5-3-2-4-19(21)24-20/h2-13,22H,14H2,1H3. The van der Waals surface area contributed by atoms with Gasteiger partial charge < -0.3 is 0 Å². The molecule has 4 rings (SSSR count). The first-order chi connectivity index (χ1) is 12.2. The lowest BCUT2D eigenvalue weighted by Gasteiger charge is -2.16. The van der Waals surface area contributed by atoms with Crippen molar-refractivity contribution in [1.82, 2.24) is 0 Å². The molecule has 124 valence electrons. The minimum Gasteiger partial charge on any atom is -0.252 e. The Morgan fingerprint density at radius 2 is 1.64 bits per heavy atom. The Kier molecular flexibility index (Phi) is 4.78. The van der Waals surface area contributed by atoms with E-state index in [1.165, 1.54) is 21.6 Å². The van der Waals surface area contributed by atoms with Crippen molar-refractivity contribution in [2.75, 3.05) is 0 Å². The van der Waals surface area contributed by atoms with Gasteiger partial charge in [0.15, 0.2) is 0 Å². The van der Waals surface area contributed by atoms with Gasteiger partial charge in [-0.15, -0.1) is 11.8 Å². The number of fused-ring (bicyclic) bond motifs is 1. The fraction of sp³-hybridized carbons (Fsp3) is 0.136. The van der Waals surface area contributed by atoms with Crippen molar-refractivity contribution in [2.45, 2.75) is 23.5 Å². The van der Waals surface area contributed by atoms with E-state index in [9.17, 15) is 0 Å². The summed E-state index contributed by atoms with van der Waals surface area (Å²) in [6.45, 7) is 2.12. The Balaban J connectivity index is 1.78. The normalized spacial score (nSPS) is 16.7. The number of benzene rings is 3. The van der Waals surface area contributed by atoms with Gasteiger partial charge in [-0.05, 0) is 42.3 Å². The number of halogens is 1. The number of rotatable bonds is 2. The quantitative estimate of drug-likeness (QED) is 0.440. The van der Waals surface area contributed by atoms with Crippen LogP contribution in [0.5, 0.6) is 0 Å². The predicted octanol–water partition coefficient (Wildman–Crippen LogP) is 7.12. The molecule has 1 unspecified atom stereocenters. The molecule has 0 bridgehead atoms. The highest BCUT2D eigenvalue weighted by atomic mass is 79.9. The number of hydrogen-bond donors (Lipinski definition) is 0. The third kappa shape index (κ3) is 3.73. The van der Waals surface area contributed by atoms with Gasteiger partial charge in [-0.25, -0.2) is 0 Å². The summed E-state index contributed by atoms with van der Waals surface area (Å²) < 4.78 is 1.11. The van der Waals surface area contributed by atoms with Crippen LogP contribution in [0.1, 0.15) is 28.4 Å². The lowest BCUT2D eigenvalue weighted by molar-refractivity contribution is 1.01. The van der Waals surface area contributed by atoms with E-state index in [4.69, 9.17) is 4.99 Å². The molecule has 0 saturated heterocycles. The summed E-state index contributed by atoms with van der Waals surface area (Å²) in [6, 6.07) is 25.8. The molecule has 0 radical (unpaired) electrons. The van der Waals surface area contributed by atoms with Crippen LogP contribution in [0.25, 0.3) is 0 Å². The summed E-state index contributed by atoms with van der Waals surface area (Å²) in [6.07, 6.45) is 0.921. The molecule has 1 atom stereocenters. The van der Waals surface area contributed by atoms with Gasteiger partial charge in [0.05, 0.1) is 5.69 Å². The average Bonchev–Trinajstić information content (AvgIpc) is 2.82. The Labute approximate surface area is 161 Å². The van der Waals surface area contributed by atoms with Crippen molar-refractivity contribution in [3.8, 4) is 0 Å². The first kappa shape index (κ1) is 16.6. The number of para-hydroxylation sites is 1. The predicted molar refractivity (Wildman–Crippen MR) is 111 cm³/mol. The van der Waals surface area contributed by atoms with Gasteiger partial charge >= 0.3 is 0 Å². The maximum Gasteiger partial charge on any atom is 0.0769 e. The summed E-state index contributed by atoms with van der Waals surface area (Å²) in [5.41, 5.74) is 6.06. The number of aliphatic imine (C=N–C) groups is 1. The molecule has 0 fully saturated rings. The lowest BCUT2D eigenvalue weighted by atomic mass is 10.0.